The number of ether oxygens (including phenoxy) is 1. The van der Waals surface area contributed by atoms with E-state index in [2.05, 4.69) is 25.6 Å². The molecule has 0 fully saturated rings. The molecule has 5 rings (SSSR count). The molecule has 2 atom stereocenters. The summed E-state index contributed by atoms with van der Waals surface area (Å²) in [6.07, 6.45) is 2.13. The second kappa shape index (κ2) is 13.7. The smallest absolute Gasteiger partial charge is 0.269 e. The number of carbonyl (C=O) groups excluding carboxylic acids is 2. The third-order valence-corrected chi connectivity index (χ3v) is 6.78. The number of para-hydroxylation sites is 1. The van der Waals surface area contributed by atoms with Gasteiger partial charge in [-0.2, -0.15) is 0 Å². The van der Waals surface area contributed by atoms with Gasteiger partial charge in [-0.1, -0.05) is 72.9 Å². The fourth-order valence-corrected chi connectivity index (χ4v) is 5.06. The SMILES string of the molecule is CC.CC(Oc1ncc(F)cc1C(=O)NC1N=C(c2c(Cl)cc(Cl)cc2Cl)c2ccccc2NC1=O)c1cccnc1. The minimum Gasteiger partial charge on any atom is -0.469 e. The number of anilines is 1. The molecule has 2 amide bonds. The van der Waals surface area contributed by atoms with Crippen molar-refractivity contribution in [2.24, 2.45) is 4.99 Å². The van der Waals surface area contributed by atoms with Crippen molar-refractivity contribution < 1.29 is 18.7 Å². The first kappa shape index (κ1) is 30.9. The fourth-order valence-electron chi connectivity index (χ4n) is 4.06. The summed E-state index contributed by atoms with van der Waals surface area (Å²) in [5, 5.41) is 5.99. The third-order valence-electron chi connectivity index (χ3n) is 5.96. The van der Waals surface area contributed by atoms with E-state index in [9.17, 15) is 14.0 Å². The molecule has 2 aromatic carbocycles. The molecule has 2 aromatic heterocycles. The van der Waals surface area contributed by atoms with E-state index >= 15 is 0 Å². The Kier molecular flexibility index (Phi) is 10.1. The summed E-state index contributed by atoms with van der Waals surface area (Å²) in [5.41, 5.74) is 1.98. The lowest BCUT2D eigenvalue weighted by Gasteiger charge is -2.18. The molecule has 42 heavy (non-hydrogen) atoms. The van der Waals surface area contributed by atoms with E-state index in [-0.39, 0.29) is 27.2 Å². The van der Waals surface area contributed by atoms with Crippen LogP contribution < -0.4 is 15.4 Å². The van der Waals surface area contributed by atoms with Gasteiger partial charge in [0.1, 0.15) is 17.5 Å². The minimum absolute atomic E-state index is 0.138. The number of pyridine rings is 2. The average molecular weight is 629 g/mol. The van der Waals surface area contributed by atoms with Gasteiger partial charge in [-0.15, -0.1) is 0 Å². The maximum Gasteiger partial charge on any atom is 0.269 e. The summed E-state index contributed by atoms with van der Waals surface area (Å²) in [6.45, 7) is 5.73. The highest BCUT2D eigenvalue weighted by atomic mass is 35.5. The number of benzodiazepines with no additional fused rings is 1. The molecule has 1 aliphatic rings. The Balaban J connectivity index is 0.00000198. The van der Waals surface area contributed by atoms with Crippen molar-refractivity contribution in [2.45, 2.75) is 33.0 Å². The van der Waals surface area contributed by atoms with Crippen LogP contribution >= 0.6 is 34.8 Å². The number of aromatic nitrogens is 2. The van der Waals surface area contributed by atoms with Crippen LogP contribution in [-0.2, 0) is 4.79 Å². The van der Waals surface area contributed by atoms with Crippen LogP contribution in [0.4, 0.5) is 10.1 Å². The number of carbonyl (C=O) groups is 2. The van der Waals surface area contributed by atoms with Gasteiger partial charge >= 0.3 is 0 Å². The van der Waals surface area contributed by atoms with Crippen LogP contribution in [0.15, 0.2) is 78.2 Å². The summed E-state index contributed by atoms with van der Waals surface area (Å²) in [6, 6.07) is 14.4. The number of hydrogen-bond donors (Lipinski definition) is 2. The number of nitrogens with zero attached hydrogens (tertiary/aromatic N) is 3. The maximum atomic E-state index is 14.2. The van der Waals surface area contributed by atoms with Crippen LogP contribution in [-0.4, -0.2) is 33.7 Å². The quantitative estimate of drug-likeness (QED) is 0.233. The highest BCUT2D eigenvalue weighted by Crippen LogP contribution is 2.34. The van der Waals surface area contributed by atoms with Gasteiger partial charge in [0, 0.05) is 34.1 Å². The molecule has 0 saturated carbocycles. The van der Waals surface area contributed by atoms with Crippen molar-refractivity contribution >= 4 is 58.0 Å². The predicted molar refractivity (Wildman–Crippen MR) is 162 cm³/mol. The van der Waals surface area contributed by atoms with Gasteiger partial charge in [-0.05, 0) is 37.3 Å². The molecule has 8 nitrogen and oxygen atoms in total. The van der Waals surface area contributed by atoms with Crippen molar-refractivity contribution in [3.8, 4) is 5.88 Å². The zero-order valence-corrected chi connectivity index (χ0v) is 24.9. The lowest BCUT2D eigenvalue weighted by molar-refractivity contribution is -0.117. The zero-order valence-electron chi connectivity index (χ0n) is 22.7. The van der Waals surface area contributed by atoms with E-state index in [0.29, 0.717) is 27.4 Å². The summed E-state index contributed by atoms with van der Waals surface area (Å²) >= 11 is 19.1. The van der Waals surface area contributed by atoms with Crippen molar-refractivity contribution in [2.75, 3.05) is 5.32 Å². The van der Waals surface area contributed by atoms with Crippen LogP contribution in [0.5, 0.6) is 5.88 Å². The van der Waals surface area contributed by atoms with Gasteiger partial charge in [0.25, 0.3) is 11.8 Å². The number of benzene rings is 2. The number of amides is 2. The minimum atomic E-state index is -1.45. The number of hydrogen-bond acceptors (Lipinski definition) is 6. The second-order valence-corrected chi connectivity index (χ2v) is 9.94. The molecule has 0 aliphatic carbocycles. The number of rotatable bonds is 6. The lowest BCUT2D eigenvalue weighted by atomic mass is 10.0. The number of aliphatic imine (C=N–C) groups is 1. The molecular weight excluding hydrogens is 604 g/mol. The van der Waals surface area contributed by atoms with Crippen LogP contribution in [0.1, 0.15) is 53.9 Å². The molecule has 0 saturated heterocycles. The Morgan fingerprint density at radius 1 is 1.05 bits per heavy atom. The topological polar surface area (TPSA) is 106 Å². The Morgan fingerprint density at radius 3 is 2.45 bits per heavy atom. The zero-order chi connectivity index (χ0) is 30.4. The van der Waals surface area contributed by atoms with E-state index < -0.39 is 29.9 Å². The molecule has 3 heterocycles. The normalized spacial score (nSPS) is 14.7. The van der Waals surface area contributed by atoms with Crippen LogP contribution in [0.25, 0.3) is 0 Å². The Morgan fingerprint density at radius 2 is 1.76 bits per heavy atom. The van der Waals surface area contributed by atoms with Gasteiger partial charge < -0.3 is 15.4 Å². The predicted octanol–water partition coefficient (Wildman–Crippen LogP) is 7.29. The van der Waals surface area contributed by atoms with E-state index in [4.69, 9.17) is 39.5 Å². The summed E-state index contributed by atoms with van der Waals surface area (Å²) in [7, 11) is 0. The van der Waals surface area contributed by atoms with Crippen molar-refractivity contribution in [3.05, 3.63) is 116 Å². The Bertz CT molecular complexity index is 1630. The van der Waals surface area contributed by atoms with Gasteiger partial charge in [-0.25, -0.2) is 14.4 Å². The molecule has 1 aliphatic heterocycles. The number of nitrogens with one attached hydrogen (secondary N) is 2. The Hall–Kier alpha value is -4.05. The van der Waals surface area contributed by atoms with E-state index in [1.165, 1.54) is 12.1 Å². The first-order valence-electron chi connectivity index (χ1n) is 12.9. The van der Waals surface area contributed by atoms with E-state index in [1.807, 2.05) is 13.8 Å². The first-order valence-corrected chi connectivity index (χ1v) is 14.0. The van der Waals surface area contributed by atoms with Gasteiger partial charge in [0.15, 0.2) is 0 Å². The third kappa shape index (κ3) is 6.87. The van der Waals surface area contributed by atoms with Crippen LogP contribution in [0.2, 0.25) is 15.1 Å². The van der Waals surface area contributed by atoms with Crippen molar-refractivity contribution in [1.29, 1.82) is 0 Å². The molecular formula is C30H25Cl3FN5O3. The molecule has 0 bridgehead atoms. The highest BCUT2D eigenvalue weighted by molar-refractivity contribution is 6.44. The van der Waals surface area contributed by atoms with Gasteiger partial charge in [-0.3, -0.25) is 14.6 Å². The van der Waals surface area contributed by atoms with Crippen LogP contribution in [0, 0.1) is 5.82 Å². The number of fused-ring (bicyclic) bond motifs is 1. The molecule has 4 aromatic rings. The highest BCUT2D eigenvalue weighted by Gasteiger charge is 2.30. The van der Waals surface area contributed by atoms with E-state index in [1.54, 1.807) is 55.7 Å². The monoisotopic (exact) mass is 627 g/mol. The summed E-state index contributed by atoms with van der Waals surface area (Å²) in [4.78, 5) is 39.2. The Labute approximate surface area is 256 Å². The molecule has 2 N–H and O–H groups in total. The summed E-state index contributed by atoms with van der Waals surface area (Å²) < 4.78 is 20.1. The molecule has 12 heteroatoms. The average Bonchev–Trinajstić information content (AvgIpc) is 3.11. The molecule has 0 spiro atoms. The first-order chi connectivity index (χ1) is 20.2. The molecule has 0 radical (unpaired) electrons. The lowest BCUT2D eigenvalue weighted by Crippen LogP contribution is -2.42. The largest absolute Gasteiger partial charge is 0.469 e. The number of halogens is 4. The second-order valence-electron chi connectivity index (χ2n) is 8.69. The standard InChI is InChI=1S/C28H19Cl3FN5O3.C2H6/c1-14(15-5-4-8-33-12-15)40-28-19(11-17(32)13-34-28)26(38)37-25-27(39)35-22-7-3-2-6-18(22)24(36-25)23-20(30)9-16(29)10-21(23)31;1-2/h2-14,25H,1H3,(H,35,39)(H,37,38);1-2H3. The van der Waals surface area contributed by atoms with Gasteiger partial charge in [0.2, 0.25) is 12.0 Å². The van der Waals surface area contributed by atoms with Crippen molar-refractivity contribution in [3.63, 3.8) is 0 Å². The molecule has 216 valence electrons. The van der Waals surface area contributed by atoms with Crippen molar-refractivity contribution in [1.82, 2.24) is 15.3 Å². The van der Waals surface area contributed by atoms with Crippen LogP contribution in [0.3, 0.4) is 0 Å². The van der Waals surface area contributed by atoms with E-state index in [0.717, 1.165) is 12.3 Å². The molecule has 2 unspecified atom stereocenters. The maximum absolute atomic E-state index is 14.2. The summed E-state index contributed by atoms with van der Waals surface area (Å²) in [5.74, 6) is -2.40. The fraction of sp³-hybridized carbons (Fsp3) is 0.167. The van der Waals surface area contributed by atoms with Gasteiger partial charge in [0.05, 0.1) is 27.6 Å².